The summed E-state index contributed by atoms with van der Waals surface area (Å²) in [5.41, 5.74) is 1.19. The van der Waals surface area contributed by atoms with Crippen LogP contribution < -0.4 is 15.4 Å². The molecule has 3 rings (SSSR count). The normalized spacial score (nSPS) is 10.3. The van der Waals surface area contributed by atoms with Crippen LogP contribution in [-0.2, 0) is 4.79 Å². The highest BCUT2D eigenvalue weighted by Crippen LogP contribution is 2.23. The minimum absolute atomic E-state index is 0.178. The van der Waals surface area contributed by atoms with Crippen LogP contribution in [0.2, 0.25) is 0 Å². The number of hydrogen-bond donors (Lipinski definition) is 2. The van der Waals surface area contributed by atoms with Gasteiger partial charge in [0.05, 0.1) is 12.8 Å². The van der Waals surface area contributed by atoms with Gasteiger partial charge in [-0.25, -0.2) is 0 Å². The van der Waals surface area contributed by atoms with Crippen molar-refractivity contribution in [1.29, 1.82) is 0 Å². The first-order valence-electron chi connectivity index (χ1n) is 8.37. The zero-order valence-electron chi connectivity index (χ0n) is 14.5. The van der Waals surface area contributed by atoms with Crippen molar-refractivity contribution < 1.29 is 14.3 Å². The molecule has 0 saturated heterocycles. The maximum absolute atomic E-state index is 12.3. The van der Waals surface area contributed by atoms with Crippen LogP contribution in [-0.4, -0.2) is 25.5 Å². The van der Waals surface area contributed by atoms with Gasteiger partial charge in [0.25, 0.3) is 5.91 Å². The van der Waals surface area contributed by atoms with E-state index in [4.69, 9.17) is 4.74 Å². The Balaban J connectivity index is 1.53. The highest BCUT2D eigenvalue weighted by molar-refractivity contribution is 5.99. The standard InChI is InChI=1S/C21H20N2O3/c1-26-19-9-5-4-8-18(19)23-20(24)12-13-22-21(25)17-11-10-15-6-2-3-7-16(15)14-17/h2-11,14H,12-13H2,1H3,(H,22,25)(H,23,24). The first-order valence-corrected chi connectivity index (χ1v) is 8.37. The summed E-state index contributed by atoms with van der Waals surface area (Å²) in [6, 6.07) is 20.6. The second-order valence-electron chi connectivity index (χ2n) is 5.82. The quantitative estimate of drug-likeness (QED) is 0.715. The second kappa shape index (κ2) is 8.16. The number of hydrogen-bond acceptors (Lipinski definition) is 3. The number of ether oxygens (including phenoxy) is 1. The van der Waals surface area contributed by atoms with Crippen molar-refractivity contribution in [3.63, 3.8) is 0 Å². The summed E-state index contributed by atoms with van der Waals surface area (Å²) in [4.78, 5) is 24.3. The number of anilines is 1. The van der Waals surface area contributed by atoms with Gasteiger partial charge in [0.2, 0.25) is 5.91 Å². The molecule has 3 aromatic rings. The average Bonchev–Trinajstić information content (AvgIpc) is 2.68. The molecule has 2 amide bonds. The van der Waals surface area contributed by atoms with Gasteiger partial charge < -0.3 is 15.4 Å². The molecule has 0 spiro atoms. The maximum atomic E-state index is 12.3. The zero-order chi connectivity index (χ0) is 18.4. The molecule has 26 heavy (non-hydrogen) atoms. The lowest BCUT2D eigenvalue weighted by atomic mass is 10.1. The fraction of sp³-hybridized carbons (Fsp3) is 0.143. The van der Waals surface area contributed by atoms with E-state index in [0.29, 0.717) is 17.0 Å². The van der Waals surface area contributed by atoms with Crippen molar-refractivity contribution in [1.82, 2.24) is 5.32 Å². The summed E-state index contributed by atoms with van der Waals surface area (Å²) in [5.74, 6) is 0.218. The van der Waals surface area contributed by atoms with E-state index >= 15 is 0 Å². The number of fused-ring (bicyclic) bond motifs is 1. The second-order valence-corrected chi connectivity index (χ2v) is 5.82. The summed E-state index contributed by atoms with van der Waals surface area (Å²) >= 11 is 0. The number of carbonyl (C=O) groups excluding carboxylic acids is 2. The molecule has 0 heterocycles. The number of carbonyl (C=O) groups is 2. The Labute approximate surface area is 152 Å². The van der Waals surface area contributed by atoms with Gasteiger partial charge in [-0.1, -0.05) is 42.5 Å². The zero-order valence-corrected chi connectivity index (χ0v) is 14.5. The molecule has 0 aromatic heterocycles. The monoisotopic (exact) mass is 348 g/mol. The van der Waals surface area contributed by atoms with Gasteiger partial charge in [-0.2, -0.15) is 0 Å². The number of para-hydroxylation sites is 2. The SMILES string of the molecule is COc1ccccc1NC(=O)CCNC(=O)c1ccc2ccccc2c1. The molecule has 132 valence electrons. The van der Waals surface area contributed by atoms with E-state index in [0.717, 1.165) is 10.8 Å². The van der Waals surface area contributed by atoms with E-state index in [9.17, 15) is 9.59 Å². The third-order valence-electron chi connectivity index (χ3n) is 4.03. The van der Waals surface area contributed by atoms with Crippen molar-refractivity contribution in [2.24, 2.45) is 0 Å². The Bertz CT molecular complexity index is 937. The molecular weight excluding hydrogens is 328 g/mol. The maximum Gasteiger partial charge on any atom is 0.251 e. The Hall–Kier alpha value is -3.34. The molecule has 5 nitrogen and oxygen atoms in total. The predicted octanol–water partition coefficient (Wildman–Crippen LogP) is 3.61. The molecule has 0 bridgehead atoms. The fourth-order valence-electron chi connectivity index (χ4n) is 2.68. The predicted molar refractivity (Wildman–Crippen MR) is 103 cm³/mol. The minimum Gasteiger partial charge on any atom is -0.495 e. The van der Waals surface area contributed by atoms with Crippen molar-refractivity contribution in [3.8, 4) is 5.75 Å². The molecular formula is C21H20N2O3. The van der Waals surface area contributed by atoms with E-state index < -0.39 is 0 Å². The lowest BCUT2D eigenvalue weighted by molar-refractivity contribution is -0.116. The first-order chi connectivity index (χ1) is 12.7. The molecule has 0 atom stereocenters. The van der Waals surface area contributed by atoms with Crippen molar-refractivity contribution in [3.05, 3.63) is 72.3 Å². The number of nitrogens with one attached hydrogen (secondary N) is 2. The number of benzene rings is 3. The van der Waals surface area contributed by atoms with Gasteiger partial charge >= 0.3 is 0 Å². The first kappa shape index (κ1) is 17.5. The lowest BCUT2D eigenvalue weighted by Crippen LogP contribution is -2.27. The van der Waals surface area contributed by atoms with Crippen LogP contribution in [0.15, 0.2) is 66.7 Å². The summed E-state index contributed by atoms with van der Waals surface area (Å²) in [6.07, 6.45) is 0.178. The van der Waals surface area contributed by atoms with Crippen molar-refractivity contribution in [2.45, 2.75) is 6.42 Å². The summed E-state index contributed by atoms with van der Waals surface area (Å²) in [7, 11) is 1.55. The Morgan fingerprint density at radius 3 is 2.46 bits per heavy atom. The van der Waals surface area contributed by atoms with E-state index in [-0.39, 0.29) is 24.8 Å². The van der Waals surface area contributed by atoms with Crippen LogP contribution in [0.4, 0.5) is 5.69 Å². The Morgan fingerprint density at radius 1 is 0.923 bits per heavy atom. The van der Waals surface area contributed by atoms with E-state index in [1.54, 1.807) is 25.3 Å². The minimum atomic E-state index is -0.194. The number of methoxy groups -OCH3 is 1. The highest BCUT2D eigenvalue weighted by atomic mass is 16.5. The molecule has 3 aromatic carbocycles. The van der Waals surface area contributed by atoms with Crippen LogP contribution in [0.5, 0.6) is 5.75 Å². The number of amides is 2. The molecule has 0 radical (unpaired) electrons. The largest absolute Gasteiger partial charge is 0.495 e. The van der Waals surface area contributed by atoms with Crippen LogP contribution in [0.1, 0.15) is 16.8 Å². The number of rotatable bonds is 6. The van der Waals surface area contributed by atoms with Gasteiger partial charge in [-0.05, 0) is 35.0 Å². The molecule has 0 fully saturated rings. The Kier molecular flexibility index (Phi) is 5.49. The van der Waals surface area contributed by atoms with Gasteiger partial charge in [0.15, 0.2) is 0 Å². The van der Waals surface area contributed by atoms with Gasteiger partial charge in [0.1, 0.15) is 5.75 Å². The van der Waals surface area contributed by atoms with E-state index in [2.05, 4.69) is 10.6 Å². The van der Waals surface area contributed by atoms with Gasteiger partial charge in [0, 0.05) is 18.5 Å². The van der Waals surface area contributed by atoms with Crippen molar-refractivity contribution >= 4 is 28.3 Å². The smallest absolute Gasteiger partial charge is 0.251 e. The van der Waals surface area contributed by atoms with Crippen molar-refractivity contribution in [2.75, 3.05) is 19.0 Å². The molecule has 0 aliphatic carbocycles. The molecule has 0 saturated carbocycles. The van der Waals surface area contributed by atoms with Crippen LogP contribution in [0.3, 0.4) is 0 Å². The summed E-state index contributed by atoms with van der Waals surface area (Å²) in [6.45, 7) is 0.257. The van der Waals surface area contributed by atoms with Crippen LogP contribution >= 0.6 is 0 Å². The van der Waals surface area contributed by atoms with Crippen LogP contribution in [0, 0.1) is 0 Å². The third kappa shape index (κ3) is 4.19. The molecule has 0 aliphatic rings. The lowest BCUT2D eigenvalue weighted by Gasteiger charge is -2.10. The van der Waals surface area contributed by atoms with E-state index in [1.807, 2.05) is 48.5 Å². The van der Waals surface area contributed by atoms with Gasteiger partial charge in [-0.15, -0.1) is 0 Å². The fourth-order valence-corrected chi connectivity index (χ4v) is 2.68. The molecule has 0 unspecified atom stereocenters. The Morgan fingerprint density at radius 2 is 1.65 bits per heavy atom. The molecule has 5 heteroatoms. The average molecular weight is 348 g/mol. The third-order valence-corrected chi connectivity index (χ3v) is 4.03. The topological polar surface area (TPSA) is 67.4 Å². The van der Waals surface area contributed by atoms with Crippen LogP contribution in [0.25, 0.3) is 10.8 Å². The summed E-state index contributed by atoms with van der Waals surface area (Å²) in [5, 5.41) is 7.65. The van der Waals surface area contributed by atoms with E-state index in [1.165, 1.54) is 0 Å². The highest BCUT2D eigenvalue weighted by Gasteiger charge is 2.09. The molecule has 0 aliphatic heterocycles. The summed E-state index contributed by atoms with van der Waals surface area (Å²) < 4.78 is 5.20. The molecule has 2 N–H and O–H groups in total. The van der Waals surface area contributed by atoms with Gasteiger partial charge in [-0.3, -0.25) is 9.59 Å².